The first-order valence-corrected chi connectivity index (χ1v) is 11.2. The molecule has 6 heteroatoms. The number of sulfonamides is 1. The summed E-state index contributed by atoms with van der Waals surface area (Å²) >= 11 is 0. The average molecular weight is 377 g/mol. The molecule has 1 aliphatic heterocycles. The van der Waals surface area contributed by atoms with Crippen molar-refractivity contribution in [2.24, 2.45) is 0 Å². The number of hydrogen-bond acceptors (Lipinski definition) is 3. The van der Waals surface area contributed by atoms with E-state index in [0.717, 1.165) is 37.7 Å². The quantitative estimate of drug-likeness (QED) is 0.799. The van der Waals surface area contributed by atoms with Gasteiger partial charge in [-0.3, -0.25) is 9.10 Å². The Hall–Kier alpha value is -1.82. The summed E-state index contributed by atoms with van der Waals surface area (Å²) in [5.41, 5.74) is 3.53. The number of benzene rings is 1. The van der Waals surface area contributed by atoms with Crippen LogP contribution in [0.3, 0.4) is 0 Å². The Morgan fingerprint density at radius 2 is 2.04 bits per heavy atom. The Morgan fingerprint density at radius 1 is 1.19 bits per heavy atom. The van der Waals surface area contributed by atoms with E-state index in [4.69, 9.17) is 0 Å². The zero-order valence-electron chi connectivity index (χ0n) is 15.5. The van der Waals surface area contributed by atoms with Gasteiger partial charge < -0.3 is 5.32 Å². The Labute approximate surface area is 156 Å². The topological polar surface area (TPSA) is 66.5 Å². The second kappa shape index (κ2) is 8.25. The van der Waals surface area contributed by atoms with E-state index in [-0.39, 0.29) is 11.7 Å². The van der Waals surface area contributed by atoms with E-state index in [1.165, 1.54) is 22.7 Å². The summed E-state index contributed by atoms with van der Waals surface area (Å²) in [5.74, 6) is 0.0995. The Bertz CT molecular complexity index is 799. The molecule has 2 aliphatic rings. The summed E-state index contributed by atoms with van der Waals surface area (Å²) in [4.78, 5) is 12.4. The highest BCUT2D eigenvalue weighted by Gasteiger charge is 2.27. The molecule has 1 aromatic carbocycles. The molecule has 1 N–H and O–H groups in total. The number of amides is 1. The maximum atomic E-state index is 12.4. The van der Waals surface area contributed by atoms with E-state index in [9.17, 15) is 13.2 Å². The van der Waals surface area contributed by atoms with Gasteiger partial charge in [-0.2, -0.15) is 0 Å². The maximum Gasteiger partial charge on any atom is 0.251 e. The molecule has 0 unspecified atom stereocenters. The maximum absolute atomic E-state index is 12.4. The second-order valence-corrected chi connectivity index (χ2v) is 9.22. The van der Waals surface area contributed by atoms with Crippen LogP contribution in [0.25, 0.3) is 0 Å². The summed E-state index contributed by atoms with van der Waals surface area (Å²) < 4.78 is 26.1. The number of nitrogens with zero attached hydrogens (tertiary/aromatic N) is 1. The van der Waals surface area contributed by atoms with Gasteiger partial charge in [-0.1, -0.05) is 11.6 Å². The third-order valence-electron chi connectivity index (χ3n) is 5.19. The highest BCUT2D eigenvalue weighted by molar-refractivity contribution is 7.92. The van der Waals surface area contributed by atoms with Crippen molar-refractivity contribution in [2.75, 3.05) is 23.1 Å². The molecule has 0 atom stereocenters. The van der Waals surface area contributed by atoms with Crippen molar-refractivity contribution in [2.45, 2.75) is 51.9 Å². The molecule has 0 aromatic heterocycles. The second-order valence-electron chi connectivity index (χ2n) is 7.21. The van der Waals surface area contributed by atoms with Crippen LogP contribution in [0.15, 0.2) is 29.8 Å². The fraction of sp³-hybridized carbons (Fsp3) is 0.550. The molecule has 142 valence electrons. The summed E-state index contributed by atoms with van der Waals surface area (Å²) in [6.07, 6.45) is 9.62. The average Bonchev–Trinajstić information content (AvgIpc) is 2.62. The molecule has 1 aromatic rings. The molecular formula is C20H28N2O3S. The minimum Gasteiger partial charge on any atom is -0.352 e. The molecule has 0 radical (unpaired) electrons. The lowest BCUT2D eigenvalue weighted by Crippen LogP contribution is -2.38. The molecule has 0 saturated carbocycles. The number of rotatable bonds is 5. The van der Waals surface area contributed by atoms with E-state index in [0.29, 0.717) is 24.3 Å². The number of anilines is 1. The van der Waals surface area contributed by atoms with Crippen molar-refractivity contribution in [3.05, 3.63) is 41.0 Å². The van der Waals surface area contributed by atoms with E-state index in [2.05, 4.69) is 11.4 Å². The first-order valence-electron chi connectivity index (χ1n) is 9.54. The summed E-state index contributed by atoms with van der Waals surface area (Å²) in [6.45, 7) is 3.03. The minimum absolute atomic E-state index is 0.0995. The minimum atomic E-state index is -3.23. The zero-order chi connectivity index (χ0) is 18.6. The molecule has 0 spiro atoms. The monoisotopic (exact) mass is 376 g/mol. The SMILES string of the molecule is Cc1cc(C(=O)NCCC2=CCCCC2)ccc1N1CCCCS1(=O)=O. The number of hydrogen-bond donors (Lipinski definition) is 1. The van der Waals surface area contributed by atoms with E-state index < -0.39 is 10.0 Å². The first kappa shape index (κ1) is 19.0. The summed E-state index contributed by atoms with van der Waals surface area (Å²) in [7, 11) is -3.23. The molecule has 5 nitrogen and oxygen atoms in total. The van der Waals surface area contributed by atoms with Gasteiger partial charge in [0.15, 0.2) is 0 Å². The van der Waals surface area contributed by atoms with E-state index in [1.807, 2.05) is 6.92 Å². The van der Waals surface area contributed by atoms with Crippen LogP contribution in [-0.2, 0) is 10.0 Å². The summed E-state index contributed by atoms with van der Waals surface area (Å²) in [6, 6.07) is 5.27. The van der Waals surface area contributed by atoms with Gasteiger partial charge in [0, 0.05) is 18.7 Å². The van der Waals surface area contributed by atoms with Crippen molar-refractivity contribution in [1.82, 2.24) is 5.32 Å². The van der Waals surface area contributed by atoms with Gasteiger partial charge >= 0.3 is 0 Å². The van der Waals surface area contributed by atoms with Crippen LogP contribution in [0.2, 0.25) is 0 Å². The summed E-state index contributed by atoms with van der Waals surface area (Å²) in [5, 5.41) is 2.98. The Morgan fingerprint density at radius 3 is 2.73 bits per heavy atom. The third-order valence-corrected chi connectivity index (χ3v) is 7.05. The number of carbonyl (C=O) groups excluding carboxylic acids is 1. The highest BCUT2D eigenvalue weighted by Crippen LogP contribution is 2.27. The van der Waals surface area contributed by atoms with Crippen LogP contribution in [0.4, 0.5) is 5.69 Å². The molecule has 1 aliphatic carbocycles. The highest BCUT2D eigenvalue weighted by atomic mass is 32.2. The van der Waals surface area contributed by atoms with Gasteiger partial charge in [0.25, 0.3) is 5.91 Å². The molecular weight excluding hydrogens is 348 g/mol. The van der Waals surface area contributed by atoms with Crippen LogP contribution < -0.4 is 9.62 Å². The van der Waals surface area contributed by atoms with Crippen molar-refractivity contribution in [3.8, 4) is 0 Å². The lowest BCUT2D eigenvalue weighted by molar-refractivity contribution is 0.0954. The first-order chi connectivity index (χ1) is 12.5. The fourth-order valence-corrected chi connectivity index (χ4v) is 5.41. The van der Waals surface area contributed by atoms with Crippen molar-refractivity contribution < 1.29 is 13.2 Å². The predicted octanol–water partition coefficient (Wildman–Crippen LogP) is 3.55. The molecule has 1 heterocycles. The molecule has 0 bridgehead atoms. The van der Waals surface area contributed by atoms with Crippen LogP contribution in [0.1, 0.15) is 60.9 Å². The number of aryl methyl sites for hydroxylation is 1. The molecule has 1 amide bonds. The van der Waals surface area contributed by atoms with Gasteiger partial charge in [0.1, 0.15) is 0 Å². The normalized spacial score (nSPS) is 19.7. The Balaban J connectivity index is 1.63. The molecule has 3 rings (SSSR count). The number of nitrogens with one attached hydrogen (secondary N) is 1. The van der Waals surface area contributed by atoms with Crippen molar-refractivity contribution in [1.29, 1.82) is 0 Å². The van der Waals surface area contributed by atoms with Gasteiger partial charge in [-0.15, -0.1) is 0 Å². The Kier molecular flexibility index (Phi) is 6.01. The van der Waals surface area contributed by atoms with E-state index >= 15 is 0 Å². The predicted molar refractivity (Wildman–Crippen MR) is 105 cm³/mol. The van der Waals surface area contributed by atoms with Crippen LogP contribution in [-0.4, -0.2) is 33.2 Å². The van der Waals surface area contributed by atoms with Crippen molar-refractivity contribution >= 4 is 21.6 Å². The van der Waals surface area contributed by atoms with Gasteiger partial charge in [0.05, 0.1) is 11.4 Å². The van der Waals surface area contributed by atoms with Gasteiger partial charge in [-0.25, -0.2) is 8.42 Å². The van der Waals surface area contributed by atoms with Crippen LogP contribution in [0, 0.1) is 6.92 Å². The number of allylic oxidation sites excluding steroid dienone is 1. The lowest BCUT2D eigenvalue weighted by Gasteiger charge is -2.29. The van der Waals surface area contributed by atoms with Gasteiger partial charge in [0.2, 0.25) is 10.0 Å². The lowest BCUT2D eigenvalue weighted by atomic mass is 9.97. The largest absolute Gasteiger partial charge is 0.352 e. The molecule has 1 saturated heterocycles. The zero-order valence-corrected chi connectivity index (χ0v) is 16.3. The fourth-order valence-electron chi connectivity index (χ4n) is 3.71. The standard InChI is InChI=1S/C20H28N2O3S/c1-16-15-18(20(23)21-12-11-17-7-3-2-4-8-17)9-10-19(16)22-13-5-6-14-26(22,24)25/h7,9-10,15H,2-6,8,11-14H2,1H3,(H,21,23). The van der Waals surface area contributed by atoms with Crippen molar-refractivity contribution in [3.63, 3.8) is 0 Å². The molecule has 26 heavy (non-hydrogen) atoms. The van der Waals surface area contributed by atoms with E-state index in [1.54, 1.807) is 18.2 Å². The molecule has 1 fully saturated rings. The number of carbonyl (C=O) groups is 1. The van der Waals surface area contributed by atoms with Crippen LogP contribution >= 0.6 is 0 Å². The smallest absolute Gasteiger partial charge is 0.251 e. The van der Waals surface area contributed by atoms with Gasteiger partial charge in [-0.05, 0) is 75.6 Å². The van der Waals surface area contributed by atoms with Crippen LogP contribution in [0.5, 0.6) is 0 Å². The third kappa shape index (κ3) is 4.47.